The number of fused-ring (bicyclic) bond motifs is 1. The van der Waals surface area contributed by atoms with Gasteiger partial charge in [-0.05, 0) is 43.5 Å². The summed E-state index contributed by atoms with van der Waals surface area (Å²) in [5.74, 6) is 1.78. The topological polar surface area (TPSA) is 59.8 Å². The third-order valence-electron chi connectivity index (χ3n) is 5.12. The summed E-state index contributed by atoms with van der Waals surface area (Å²) in [6.45, 7) is 0.674. The molecule has 4 rings (SSSR count). The number of hydrogen-bond donors (Lipinski definition) is 1. The van der Waals surface area contributed by atoms with Crippen molar-refractivity contribution in [2.45, 2.75) is 51.1 Å². The van der Waals surface area contributed by atoms with Gasteiger partial charge in [0, 0.05) is 30.5 Å². The van der Waals surface area contributed by atoms with Crippen LogP contribution in [-0.2, 0) is 17.8 Å². The first-order valence-electron chi connectivity index (χ1n) is 8.69. The third kappa shape index (κ3) is 2.92. The monoisotopic (exact) mass is 328 g/mol. The van der Waals surface area contributed by atoms with Crippen LogP contribution < -0.4 is 5.32 Å². The smallest absolute Gasteiger partial charge is 0.223 e. The molecule has 0 bridgehead atoms. The highest BCUT2D eigenvalue weighted by atomic mass is 19.1. The van der Waals surface area contributed by atoms with Gasteiger partial charge >= 0.3 is 0 Å². The van der Waals surface area contributed by atoms with E-state index in [1.807, 2.05) is 0 Å². The van der Waals surface area contributed by atoms with Crippen molar-refractivity contribution in [2.75, 3.05) is 0 Å². The molecule has 126 valence electrons. The van der Waals surface area contributed by atoms with Crippen LogP contribution in [0.3, 0.4) is 0 Å². The van der Waals surface area contributed by atoms with Gasteiger partial charge in [-0.25, -0.2) is 4.39 Å². The molecule has 0 unspecified atom stereocenters. The van der Waals surface area contributed by atoms with Crippen LogP contribution in [0.1, 0.15) is 37.9 Å². The molecule has 1 fully saturated rings. The zero-order chi connectivity index (χ0) is 16.5. The summed E-state index contributed by atoms with van der Waals surface area (Å²) in [4.78, 5) is 12.4. The summed E-state index contributed by atoms with van der Waals surface area (Å²) in [6, 6.07) is 6.40. The van der Waals surface area contributed by atoms with Crippen molar-refractivity contribution in [1.82, 2.24) is 20.1 Å². The van der Waals surface area contributed by atoms with E-state index in [0.717, 1.165) is 55.7 Å². The highest BCUT2D eigenvalue weighted by Gasteiger charge is 2.28. The lowest BCUT2D eigenvalue weighted by molar-refractivity contribution is -0.125. The molecule has 0 radical (unpaired) electrons. The van der Waals surface area contributed by atoms with Gasteiger partial charge in [-0.15, -0.1) is 10.2 Å². The normalized spacial score (nSPS) is 20.8. The molecule has 5 nitrogen and oxygen atoms in total. The molecule has 1 aliphatic carbocycles. The fourth-order valence-corrected chi connectivity index (χ4v) is 3.76. The maximum atomic E-state index is 13.1. The van der Waals surface area contributed by atoms with Crippen LogP contribution in [0.15, 0.2) is 24.3 Å². The Morgan fingerprint density at radius 1 is 1.12 bits per heavy atom. The van der Waals surface area contributed by atoms with Crippen molar-refractivity contribution < 1.29 is 9.18 Å². The minimum atomic E-state index is -0.265. The number of amides is 1. The Morgan fingerprint density at radius 2 is 1.88 bits per heavy atom. The van der Waals surface area contributed by atoms with Crippen molar-refractivity contribution in [3.8, 4) is 11.4 Å². The molecule has 1 aliphatic heterocycles. The van der Waals surface area contributed by atoms with Gasteiger partial charge in [0.25, 0.3) is 0 Å². The van der Waals surface area contributed by atoms with Crippen molar-refractivity contribution in [1.29, 1.82) is 0 Å². The Kier molecular flexibility index (Phi) is 4.04. The number of nitrogens with one attached hydrogen (secondary N) is 1. The second-order valence-corrected chi connectivity index (χ2v) is 6.78. The van der Waals surface area contributed by atoms with Crippen molar-refractivity contribution in [3.05, 3.63) is 35.9 Å². The van der Waals surface area contributed by atoms with Crippen molar-refractivity contribution in [3.63, 3.8) is 0 Å². The maximum Gasteiger partial charge on any atom is 0.223 e. The van der Waals surface area contributed by atoms with Crippen LogP contribution >= 0.6 is 0 Å². The number of benzene rings is 1. The van der Waals surface area contributed by atoms with E-state index in [-0.39, 0.29) is 23.7 Å². The Hall–Kier alpha value is -2.24. The lowest BCUT2D eigenvalue weighted by Gasteiger charge is -2.26. The second-order valence-electron chi connectivity index (χ2n) is 6.78. The average molecular weight is 328 g/mol. The Bertz CT molecular complexity index is 734. The number of aryl methyl sites for hydroxylation is 1. The fourth-order valence-electron chi connectivity index (χ4n) is 3.76. The van der Waals surface area contributed by atoms with E-state index < -0.39 is 0 Å². The summed E-state index contributed by atoms with van der Waals surface area (Å²) >= 11 is 0. The summed E-state index contributed by atoms with van der Waals surface area (Å²) in [5, 5.41) is 11.7. The van der Waals surface area contributed by atoms with E-state index >= 15 is 0 Å². The molecule has 6 heteroatoms. The molecule has 1 aromatic carbocycles. The average Bonchev–Trinajstić information content (AvgIpc) is 3.25. The number of carbonyl (C=O) groups is 1. The zero-order valence-electron chi connectivity index (χ0n) is 13.5. The van der Waals surface area contributed by atoms with Crippen LogP contribution in [0.5, 0.6) is 0 Å². The first-order chi connectivity index (χ1) is 11.7. The van der Waals surface area contributed by atoms with Gasteiger partial charge in [-0.1, -0.05) is 12.8 Å². The minimum Gasteiger partial charge on any atom is -0.351 e. The van der Waals surface area contributed by atoms with Crippen molar-refractivity contribution >= 4 is 5.91 Å². The molecule has 2 heterocycles. The van der Waals surface area contributed by atoms with Crippen LogP contribution in [-0.4, -0.2) is 26.7 Å². The lowest BCUT2D eigenvalue weighted by Crippen LogP contribution is -2.43. The molecule has 2 aromatic rings. The predicted molar refractivity (Wildman–Crippen MR) is 87.6 cm³/mol. The largest absolute Gasteiger partial charge is 0.351 e. The molecule has 24 heavy (non-hydrogen) atoms. The molecule has 1 aromatic heterocycles. The number of hydrogen-bond acceptors (Lipinski definition) is 3. The summed E-state index contributed by atoms with van der Waals surface area (Å²) < 4.78 is 15.2. The zero-order valence-corrected chi connectivity index (χ0v) is 13.5. The molecule has 1 saturated carbocycles. The lowest BCUT2D eigenvalue weighted by atomic mass is 10.0. The third-order valence-corrected chi connectivity index (χ3v) is 5.12. The molecule has 2 aliphatic rings. The molecule has 0 spiro atoms. The standard InChI is InChI=1S/C18H21FN4O/c19-14-7-5-12(6-8-14)17-22-21-16-10-9-15(11-23(16)17)20-18(24)13-3-1-2-4-13/h5-8,13,15H,1-4,9-11H2,(H,20,24)/t15-/m0/s1. The van der Waals surface area contributed by atoms with Gasteiger partial charge in [0.05, 0.1) is 0 Å². The van der Waals surface area contributed by atoms with Gasteiger partial charge in [0.1, 0.15) is 11.6 Å². The molecular weight excluding hydrogens is 307 g/mol. The quantitative estimate of drug-likeness (QED) is 0.942. The number of halogens is 1. The van der Waals surface area contributed by atoms with E-state index in [4.69, 9.17) is 0 Å². The van der Waals surface area contributed by atoms with E-state index in [1.54, 1.807) is 12.1 Å². The van der Waals surface area contributed by atoms with Crippen LogP contribution in [0.2, 0.25) is 0 Å². The van der Waals surface area contributed by atoms with Gasteiger partial charge in [0.2, 0.25) is 5.91 Å². The summed E-state index contributed by atoms with van der Waals surface area (Å²) in [5.41, 5.74) is 0.845. The molecule has 1 amide bonds. The summed E-state index contributed by atoms with van der Waals surface area (Å²) in [6.07, 6.45) is 6.03. The fraction of sp³-hybridized carbons (Fsp3) is 0.500. The van der Waals surface area contributed by atoms with E-state index in [1.165, 1.54) is 12.1 Å². The molecule has 1 atom stereocenters. The van der Waals surface area contributed by atoms with Crippen LogP contribution in [0.4, 0.5) is 4.39 Å². The molecule has 1 N–H and O–H groups in total. The first-order valence-corrected chi connectivity index (χ1v) is 8.69. The number of aromatic nitrogens is 3. The Labute approximate surface area is 140 Å². The number of carbonyl (C=O) groups excluding carboxylic acids is 1. The molecular formula is C18H21FN4O. The Morgan fingerprint density at radius 3 is 2.62 bits per heavy atom. The Balaban J connectivity index is 1.50. The van der Waals surface area contributed by atoms with Gasteiger partial charge in [-0.2, -0.15) is 0 Å². The van der Waals surface area contributed by atoms with Gasteiger partial charge < -0.3 is 9.88 Å². The van der Waals surface area contributed by atoms with E-state index in [9.17, 15) is 9.18 Å². The van der Waals surface area contributed by atoms with Gasteiger partial charge in [0.15, 0.2) is 5.82 Å². The number of nitrogens with zero attached hydrogens (tertiary/aromatic N) is 3. The van der Waals surface area contributed by atoms with Crippen LogP contribution in [0, 0.1) is 11.7 Å². The number of rotatable bonds is 3. The highest BCUT2D eigenvalue weighted by Crippen LogP contribution is 2.26. The van der Waals surface area contributed by atoms with Crippen LogP contribution in [0.25, 0.3) is 11.4 Å². The molecule has 0 saturated heterocycles. The van der Waals surface area contributed by atoms with Crippen molar-refractivity contribution in [2.24, 2.45) is 5.92 Å². The SMILES string of the molecule is O=C(N[C@H]1CCc2nnc(-c3ccc(F)cc3)n2C1)C1CCCC1. The maximum absolute atomic E-state index is 13.1. The van der Waals surface area contributed by atoms with E-state index in [2.05, 4.69) is 20.1 Å². The van der Waals surface area contributed by atoms with Gasteiger partial charge in [-0.3, -0.25) is 4.79 Å². The summed E-state index contributed by atoms with van der Waals surface area (Å²) in [7, 11) is 0. The first kappa shape index (κ1) is 15.3. The highest BCUT2D eigenvalue weighted by molar-refractivity contribution is 5.79. The minimum absolute atomic E-state index is 0.112. The van der Waals surface area contributed by atoms with E-state index in [0.29, 0.717) is 6.54 Å². The second kappa shape index (κ2) is 6.34. The predicted octanol–water partition coefficient (Wildman–Crippen LogP) is 2.71.